The average Bonchev–Trinajstić information content (AvgIpc) is 2.56. The first-order chi connectivity index (χ1) is 10.3. The van der Waals surface area contributed by atoms with Gasteiger partial charge in [-0.15, -0.1) is 0 Å². The van der Waals surface area contributed by atoms with Gasteiger partial charge >= 0.3 is 0 Å². The molecule has 0 unspecified atom stereocenters. The summed E-state index contributed by atoms with van der Waals surface area (Å²) in [6.07, 6.45) is 1.09. The van der Waals surface area contributed by atoms with Gasteiger partial charge in [0.05, 0.1) is 7.11 Å². The summed E-state index contributed by atoms with van der Waals surface area (Å²) in [5.41, 5.74) is 3.76. The summed E-state index contributed by atoms with van der Waals surface area (Å²) in [6.45, 7) is 7.78. The molecule has 0 aromatic heterocycles. The van der Waals surface area contributed by atoms with Gasteiger partial charge in [-0.3, -0.25) is 0 Å². The zero-order chi connectivity index (χ0) is 15.1. The van der Waals surface area contributed by atoms with Gasteiger partial charge in [0, 0.05) is 12.1 Å². The number of methoxy groups -OCH3 is 1. The number of likely N-dealkylation sites (N-methyl/N-ethyl adjacent to an activating group) is 1. The third-order valence-electron chi connectivity index (χ3n) is 3.96. The number of para-hydroxylation sites is 1. The molecule has 0 atom stereocenters. The Labute approximate surface area is 128 Å². The van der Waals surface area contributed by atoms with Crippen molar-refractivity contribution in [1.29, 1.82) is 0 Å². The summed E-state index contributed by atoms with van der Waals surface area (Å²) in [5.74, 6) is 0.929. The van der Waals surface area contributed by atoms with Gasteiger partial charge in [0.15, 0.2) is 0 Å². The lowest BCUT2D eigenvalue weighted by molar-refractivity contribution is 0.308. The van der Waals surface area contributed by atoms with Crippen molar-refractivity contribution in [3.63, 3.8) is 0 Å². The third kappa shape index (κ3) is 4.08. The van der Waals surface area contributed by atoms with Crippen LogP contribution < -0.4 is 4.74 Å². The molecular formula is C19H25NO. The maximum Gasteiger partial charge on any atom is 0.126 e. The average molecular weight is 283 g/mol. The minimum atomic E-state index is 0.929. The molecule has 0 saturated heterocycles. The van der Waals surface area contributed by atoms with Crippen LogP contribution in [0.2, 0.25) is 0 Å². The van der Waals surface area contributed by atoms with Crippen LogP contribution in [0.1, 0.15) is 19.4 Å². The maximum atomic E-state index is 5.46. The maximum absolute atomic E-state index is 5.46. The minimum absolute atomic E-state index is 0.929. The van der Waals surface area contributed by atoms with E-state index in [9.17, 15) is 0 Å². The first kappa shape index (κ1) is 15.6. The normalized spacial score (nSPS) is 10.9. The van der Waals surface area contributed by atoms with Crippen molar-refractivity contribution in [2.45, 2.75) is 20.3 Å². The van der Waals surface area contributed by atoms with Crippen LogP contribution >= 0.6 is 0 Å². The third-order valence-corrected chi connectivity index (χ3v) is 3.96. The summed E-state index contributed by atoms with van der Waals surface area (Å²) in [7, 11) is 1.73. The molecule has 0 amide bonds. The van der Waals surface area contributed by atoms with E-state index >= 15 is 0 Å². The van der Waals surface area contributed by atoms with E-state index in [4.69, 9.17) is 4.74 Å². The second-order valence-corrected chi connectivity index (χ2v) is 5.18. The van der Waals surface area contributed by atoms with Crippen molar-refractivity contribution >= 4 is 0 Å². The molecule has 2 aromatic rings. The topological polar surface area (TPSA) is 12.5 Å². The van der Waals surface area contributed by atoms with Gasteiger partial charge in [0.1, 0.15) is 5.75 Å². The van der Waals surface area contributed by atoms with E-state index in [1.165, 1.54) is 11.1 Å². The molecule has 2 nitrogen and oxygen atoms in total. The Morgan fingerprint density at radius 3 is 2.43 bits per heavy atom. The fourth-order valence-electron chi connectivity index (χ4n) is 2.60. The van der Waals surface area contributed by atoms with Crippen LogP contribution in [-0.2, 0) is 6.42 Å². The van der Waals surface area contributed by atoms with Crippen LogP contribution in [0.15, 0.2) is 48.5 Å². The molecule has 0 radical (unpaired) electrons. The lowest BCUT2D eigenvalue weighted by Crippen LogP contribution is -2.25. The van der Waals surface area contributed by atoms with Crippen LogP contribution in [-0.4, -0.2) is 31.6 Å². The van der Waals surface area contributed by atoms with E-state index in [1.54, 1.807) is 7.11 Å². The molecule has 0 aliphatic rings. The second-order valence-electron chi connectivity index (χ2n) is 5.18. The van der Waals surface area contributed by atoms with Crippen LogP contribution in [0, 0.1) is 0 Å². The molecule has 0 saturated carbocycles. The van der Waals surface area contributed by atoms with Crippen molar-refractivity contribution in [2.75, 3.05) is 26.7 Å². The highest BCUT2D eigenvalue weighted by Crippen LogP contribution is 2.29. The molecule has 0 fully saturated rings. The molecule has 0 aliphatic heterocycles. The molecule has 2 heteroatoms. The van der Waals surface area contributed by atoms with Crippen molar-refractivity contribution in [3.05, 3.63) is 54.1 Å². The molecule has 0 spiro atoms. The molecule has 112 valence electrons. The number of ether oxygens (including phenoxy) is 1. The highest BCUT2D eigenvalue weighted by Gasteiger charge is 2.06. The molecule has 0 bridgehead atoms. The predicted molar refractivity (Wildman–Crippen MR) is 89.9 cm³/mol. The van der Waals surface area contributed by atoms with Gasteiger partial charge in [0.2, 0.25) is 0 Å². The fourth-order valence-corrected chi connectivity index (χ4v) is 2.60. The largest absolute Gasteiger partial charge is 0.496 e. The highest BCUT2D eigenvalue weighted by atomic mass is 16.5. The van der Waals surface area contributed by atoms with Gasteiger partial charge in [-0.25, -0.2) is 0 Å². The SMILES string of the molecule is CCN(CC)CCc1cccc(-c2ccccc2OC)c1. The van der Waals surface area contributed by atoms with Gasteiger partial charge in [-0.05, 0) is 36.7 Å². The summed E-state index contributed by atoms with van der Waals surface area (Å²) in [6, 6.07) is 17.0. The van der Waals surface area contributed by atoms with E-state index in [0.29, 0.717) is 0 Å². The predicted octanol–water partition coefficient (Wildman–Crippen LogP) is 4.25. The first-order valence-electron chi connectivity index (χ1n) is 7.73. The van der Waals surface area contributed by atoms with Crippen molar-refractivity contribution < 1.29 is 4.74 Å². The second kappa shape index (κ2) is 7.84. The van der Waals surface area contributed by atoms with Crippen LogP contribution in [0.4, 0.5) is 0 Å². The molecule has 0 N–H and O–H groups in total. The Kier molecular flexibility index (Phi) is 5.82. The Hall–Kier alpha value is -1.80. The van der Waals surface area contributed by atoms with Crippen molar-refractivity contribution in [1.82, 2.24) is 4.90 Å². The van der Waals surface area contributed by atoms with Crippen molar-refractivity contribution in [2.24, 2.45) is 0 Å². The molecular weight excluding hydrogens is 258 g/mol. The van der Waals surface area contributed by atoms with Gasteiger partial charge < -0.3 is 9.64 Å². The number of hydrogen-bond donors (Lipinski definition) is 0. The number of hydrogen-bond acceptors (Lipinski definition) is 2. The molecule has 2 aromatic carbocycles. The Morgan fingerprint density at radius 2 is 1.71 bits per heavy atom. The molecule has 2 rings (SSSR count). The summed E-state index contributed by atoms with van der Waals surface area (Å²) in [4.78, 5) is 2.45. The van der Waals surface area contributed by atoms with E-state index in [1.807, 2.05) is 12.1 Å². The zero-order valence-corrected chi connectivity index (χ0v) is 13.3. The summed E-state index contributed by atoms with van der Waals surface area (Å²) >= 11 is 0. The van der Waals surface area contributed by atoms with E-state index < -0.39 is 0 Å². The van der Waals surface area contributed by atoms with Gasteiger partial charge in [-0.2, -0.15) is 0 Å². The zero-order valence-electron chi connectivity index (χ0n) is 13.3. The monoisotopic (exact) mass is 283 g/mol. The van der Waals surface area contributed by atoms with E-state index in [-0.39, 0.29) is 0 Å². The summed E-state index contributed by atoms with van der Waals surface area (Å²) in [5, 5.41) is 0. The number of rotatable bonds is 7. The number of nitrogens with zero attached hydrogens (tertiary/aromatic N) is 1. The first-order valence-corrected chi connectivity index (χ1v) is 7.73. The minimum Gasteiger partial charge on any atom is -0.496 e. The number of benzene rings is 2. The Morgan fingerprint density at radius 1 is 0.952 bits per heavy atom. The van der Waals surface area contributed by atoms with Crippen LogP contribution in [0.5, 0.6) is 5.75 Å². The van der Waals surface area contributed by atoms with Gasteiger partial charge in [0.25, 0.3) is 0 Å². The smallest absolute Gasteiger partial charge is 0.126 e. The lowest BCUT2D eigenvalue weighted by Gasteiger charge is -2.18. The van der Waals surface area contributed by atoms with E-state index in [2.05, 4.69) is 55.1 Å². The lowest BCUT2D eigenvalue weighted by atomic mass is 10.0. The Balaban J connectivity index is 2.17. The Bertz CT molecular complexity index is 561. The standard InChI is InChI=1S/C19H25NO/c1-4-20(5-2)14-13-16-9-8-10-17(15-16)18-11-6-7-12-19(18)21-3/h6-12,15H,4-5,13-14H2,1-3H3. The van der Waals surface area contributed by atoms with Crippen molar-refractivity contribution in [3.8, 4) is 16.9 Å². The molecule has 0 heterocycles. The molecule has 0 aliphatic carbocycles. The fraction of sp³-hybridized carbons (Fsp3) is 0.368. The van der Waals surface area contributed by atoms with Crippen LogP contribution in [0.3, 0.4) is 0 Å². The molecule has 21 heavy (non-hydrogen) atoms. The van der Waals surface area contributed by atoms with E-state index in [0.717, 1.165) is 37.4 Å². The summed E-state index contributed by atoms with van der Waals surface area (Å²) < 4.78 is 5.46. The quantitative estimate of drug-likeness (QED) is 0.753. The van der Waals surface area contributed by atoms with Gasteiger partial charge in [-0.1, -0.05) is 56.3 Å². The highest BCUT2D eigenvalue weighted by molar-refractivity contribution is 5.70. The van der Waals surface area contributed by atoms with Crippen LogP contribution in [0.25, 0.3) is 11.1 Å².